The van der Waals surface area contributed by atoms with Crippen LogP contribution in [0.5, 0.6) is 0 Å². The van der Waals surface area contributed by atoms with E-state index < -0.39 is 0 Å². The lowest BCUT2D eigenvalue weighted by Gasteiger charge is -2.14. The molecule has 0 saturated heterocycles. The van der Waals surface area contributed by atoms with Crippen LogP contribution in [-0.2, 0) is 4.79 Å². The SMILES string of the molecule is CC.CC1=NN(C)C(=O)C1(C)C. The molecule has 1 aliphatic heterocycles. The monoisotopic (exact) mass is 170 g/mol. The van der Waals surface area contributed by atoms with E-state index in [0.717, 1.165) is 5.71 Å². The Labute approximate surface area is 74.4 Å². The van der Waals surface area contributed by atoms with Crippen LogP contribution >= 0.6 is 0 Å². The fourth-order valence-electron chi connectivity index (χ4n) is 0.955. The van der Waals surface area contributed by atoms with Crippen LogP contribution < -0.4 is 0 Å². The second-order valence-corrected chi connectivity index (χ2v) is 3.14. The van der Waals surface area contributed by atoms with Gasteiger partial charge >= 0.3 is 0 Å². The van der Waals surface area contributed by atoms with Crippen molar-refractivity contribution >= 4 is 11.6 Å². The van der Waals surface area contributed by atoms with Crippen molar-refractivity contribution in [1.29, 1.82) is 0 Å². The predicted octanol–water partition coefficient (Wildman–Crippen LogP) is 1.89. The Morgan fingerprint density at radius 3 is 1.83 bits per heavy atom. The first-order valence-corrected chi connectivity index (χ1v) is 4.30. The molecule has 1 heterocycles. The normalized spacial score (nSPS) is 20.0. The molecule has 0 unspecified atom stereocenters. The van der Waals surface area contributed by atoms with Gasteiger partial charge < -0.3 is 0 Å². The molecule has 70 valence electrons. The minimum Gasteiger partial charge on any atom is -0.272 e. The lowest BCUT2D eigenvalue weighted by molar-refractivity contribution is -0.133. The van der Waals surface area contributed by atoms with E-state index in [1.54, 1.807) is 7.05 Å². The lowest BCUT2D eigenvalue weighted by Crippen LogP contribution is -2.31. The number of hydrogen-bond acceptors (Lipinski definition) is 2. The van der Waals surface area contributed by atoms with Gasteiger partial charge in [-0.25, -0.2) is 5.01 Å². The average Bonchev–Trinajstić information content (AvgIpc) is 2.20. The Hall–Kier alpha value is -0.860. The summed E-state index contributed by atoms with van der Waals surface area (Å²) in [6.45, 7) is 9.65. The van der Waals surface area contributed by atoms with Gasteiger partial charge in [-0.1, -0.05) is 13.8 Å². The zero-order valence-electron chi connectivity index (χ0n) is 8.80. The summed E-state index contributed by atoms with van der Waals surface area (Å²) in [6.07, 6.45) is 0. The van der Waals surface area contributed by atoms with Gasteiger partial charge in [0.2, 0.25) is 0 Å². The molecule has 0 bridgehead atoms. The van der Waals surface area contributed by atoms with E-state index >= 15 is 0 Å². The highest BCUT2D eigenvalue weighted by molar-refractivity contribution is 6.10. The number of nitrogens with zero attached hydrogens (tertiary/aromatic N) is 2. The van der Waals surface area contributed by atoms with Gasteiger partial charge in [0.25, 0.3) is 5.91 Å². The van der Waals surface area contributed by atoms with Crippen LogP contribution in [0.3, 0.4) is 0 Å². The molecule has 0 saturated carbocycles. The Bertz CT molecular complexity index is 207. The van der Waals surface area contributed by atoms with Gasteiger partial charge in [-0.15, -0.1) is 0 Å². The molecule has 3 nitrogen and oxygen atoms in total. The minimum atomic E-state index is -0.380. The maximum absolute atomic E-state index is 11.2. The number of rotatable bonds is 0. The smallest absolute Gasteiger partial charge is 0.253 e. The van der Waals surface area contributed by atoms with Crippen molar-refractivity contribution in [1.82, 2.24) is 5.01 Å². The van der Waals surface area contributed by atoms with Gasteiger partial charge in [-0.05, 0) is 20.8 Å². The van der Waals surface area contributed by atoms with Gasteiger partial charge in [0.05, 0.1) is 11.1 Å². The maximum atomic E-state index is 11.2. The average molecular weight is 170 g/mol. The van der Waals surface area contributed by atoms with Crippen LogP contribution in [0, 0.1) is 5.41 Å². The quantitative estimate of drug-likeness (QED) is 0.546. The van der Waals surface area contributed by atoms with Crippen molar-refractivity contribution in [2.75, 3.05) is 7.05 Å². The van der Waals surface area contributed by atoms with Crippen molar-refractivity contribution in [2.45, 2.75) is 34.6 Å². The zero-order chi connectivity index (χ0) is 9.94. The van der Waals surface area contributed by atoms with Gasteiger partial charge in [-0.2, -0.15) is 5.10 Å². The van der Waals surface area contributed by atoms with Crippen molar-refractivity contribution in [3.8, 4) is 0 Å². The minimum absolute atomic E-state index is 0.0741. The fraction of sp³-hybridized carbons (Fsp3) is 0.778. The topological polar surface area (TPSA) is 32.7 Å². The summed E-state index contributed by atoms with van der Waals surface area (Å²) >= 11 is 0. The molecule has 3 heteroatoms. The molecule has 12 heavy (non-hydrogen) atoms. The third-order valence-corrected chi connectivity index (χ3v) is 2.03. The maximum Gasteiger partial charge on any atom is 0.253 e. The molecule has 0 aromatic heterocycles. The Morgan fingerprint density at radius 2 is 1.75 bits per heavy atom. The fourth-order valence-corrected chi connectivity index (χ4v) is 0.955. The van der Waals surface area contributed by atoms with Crippen molar-refractivity contribution in [2.24, 2.45) is 10.5 Å². The predicted molar refractivity (Wildman–Crippen MR) is 51.0 cm³/mol. The largest absolute Gasteiger partial charge is 0.272 e. The van der Waals surface area contributed by atoms with Crippen molar-refractivity contribution < 1.29 is 4.79 Å². The summed E-state index contributed by atoms with van der Waals surface area (Å²) < 4.78 is 0. The highest BCUT2D eigenvalue weighted by atomic mass is 16.2. The number of carbonyl (C=O) groups excluding carboxylic acids is 1. The lowest BCUT2D eigenvalue weighted by atomic mass is 9.88. The molecule has 0 spiro atoms. The second kappa shape index (κ2) is 3.70. The molecule has 1 amide bonds. The van der Waals surface area contributed by atoms with Crippen LogP contribution in [0.1, 0.15) is 34.6 Å². The number of amides is 1. The van der Waals surface area contributed by atoms with Gasteiger partial charge in [-0.3, -0.25) is 4.79 Å². The standard InChI is InChI=1S/C7H12N2O.C2H6/c1-5-7(2,3)6(10)9(4)8-5;1-2/h1-4H3;1-2H3. The van der Waals surface area contributed by atoms with Gasteiger partial charge in [0.1, 0.15) is 0 Å². The van der Waals surface area contributed by atoms with Crippen LogP contribution in [0.25, 0.3) is 0 Å². The molecule has 0 radical (unpaired) electrons. The van der Waals surface area contributed by atoms with E-state index in [2.05, 4.69) is 5.10 Å². The molecule has 0 aliphatic carbocycles. The molecular weight excluding hydrogens is 152 g/mol. The first-order valence-electron chi connectivity index (χ1n) is 4.30. The summed E-state index contributed by atoms with van der Waals surface area (Å²) in [5.74, 6) is 0.0741. The van der Waals surface area contributed by atoms with Crippen LogP contribution in [0.2, 0.25) is 0 Å². The summed E-state index contributed by atoms with van der Waals surface area (Å²) in [7, 11) is 1.68. The third kappa shape index (κ3) is 1.65. The second-order valence-electron chi connectivity index (χ2n) is 3.14. The molecule has 1 rings (SSSR count). The van der Waals surface area contributed by atoms with E-state index in [4.69, 9.17) is 0 Å². The van der Waals surface area contributed by atoms with Crippen LogP contribution in [0.4, 0.5) is 0 Å². The summed E-state index contributed by atoms with van der Waals surface area (Å²) in [6, 6.07) is 0. The van der Waals surface area contributed by atoms with Crippen LogP contribution in [-0.4, -0.2) is 23.7 Å². The number of hydrogen-bond donors (Lipinski definition) is 0. The highest BCUT2D eigenvalue weighted by Gasteiger charge is 2.38. The van der Waals surface area contributed by atoms with Gasteiger partial charge in [0.15, 0.2) is 0 Å². The summed E-state index contributed by atoms with van der Waals surface area (Å²) in [5, 5.41) is 5.42. The van der Waals surface area contributed by atoms with E-state index in [9.17, 15) is 4.79 Å². The number of hydrazone groups is 1. The molecular formula is C9H18N2O. The Balaban J connectivity index is 0.000000561. The highest BCUT2D eigenvalue weighted by Crippen LogP contribution is 2.26. The zero-order valence-corrected chi connectivity index (χ0v) is 8.80. The summed E-state index contributed by atoms with van der Waals surface area (Å²) in [5.41, 5.74) is 0.509. The van der Waals surface area contributed by atoms with Gasteiger partial charge in [0, 0.05) is 7.05 Å². The van der Waals surface area contributed by atoms with E-state index in [0.29, 0.717) is 0 Å². The Morgan fingerprint density at radius 1 is 1.33 bits per heavy atom. The molecule has 0 aromatic rings. The molecule has 0 fully saturated rings. The van der Waals surface area contributed by atoms with E-state index in [1.165, 1.54) is 5.01 Å². The number of carbonyl (C=O) groups is 1. The summed E-state index contributed by atoms with van der Waals surface area (Å²) in [4.78, 5) is 11.2. The first-order chi connectivity index (χ1) is 5.46. The Kier molecular flexibility index (Phi) is 3.43. The third-order valence-electron chi connectivity index (χ3n) is 2.03. The molecule has 0 aromatic carbocycles. The molecule has 1 aliphatic rings. The molecule has 0 N–H and O–H groups in total. The van der Waals surface area contributed by atoms with E-state index in [-0.39, 0.29) is 11.3 Å². The molecule has 0 atom stereocenters. The van der Waals surface area contributed by atoms with Crippen molar-refractivity contribution in [3.05, 3.63) is 0 Å². The van der Waals surface area contributed by atoms with Crippen LogP contribution in [0.15, 0.2) is 5.10 Å². The van der Waals surface area contributed by atoms with E-state index in [1.807, 2.05) is 34.6 Å². The van der Waals surface area contributed by atoms with Crippen molar-refractivity contribution in [3.63, 3.8) is 0 Å². The first kappa shape index (κ1) is 11.1.